The summed E-state index contributed by atoms with van der Waals surface area (Å²) in [7, 11) is 0. The molecule has 2 aliphatic rings. The van der Waals surface area contributed by atoms with E-state index in [1.807, 2.05) is 24.0 Å². The summed E-state index contributed by atoms with van der Waals surface area (Å²) in [5, 5.41) is 18.9. The second-order valence-corrected chi connectivity index (χ2v) is 9.36. The molecule has 0 saturated carbocycles. The Morgan fingerprint density at radius 2 is 1.94 bits per heavy atom. The molecule has 2 aliphatic heterocycles. The molecule has 3 heterocycles. The van der Waals surface area contributed by atoms with Crippen molar-refractivity contribution in [2.45, 2.75) is 38.8 Å². The van der Waals surface area contributed by atoms with Gasteiger partial charge in [0, 0.05) is 50.6 Å². The molecule has 1 aromatic heterocycles. The summed E-state index contributed by atoms with van der Waals surface area (Å²) in [6, 6.07) is 7.59. The van der Waals surface area contributed by atoms with E-state index >= 15 is 0 Å². The minimum Gasteiger partial charge on any atom is -0.396 e. The summed E-state index contributed by atoms with van der Waals surface area (Å²) in [6.45, 7) is 7.20. The number of hydrogen-bond acceptors (Lipinski definition) is 7. The second kappa shape index (κ2) is 9.94. The predicted molar refractivity (Wildman–Crippen MR) is 128 cm³/mol. The average molecular weight is 469 g/mol. The predicted octanol–water partition coefficient (Wildman–Crippen LogP) is 2.95. The van der Waals surface area contributed by atoms with Gasteiger partial charge in [-0.05, 0) is 50.8 Å². The van der Waals surface area contributed by atoms with Crippen molar-refractivity contribution in [3.8, 4) is 6.07 Å². The van der Waals surface area contributed by atoms with Crippen molar-refractivity contribution >= 4 is 29.0 Å². The van der Waals surface area contributed by atoms with E-state index in [1.165, 1.54) is 0 Å². The molecule has 2 aromatic rings. The summed E-state index contributed by atoms with van der Waals surface area (Å²) >= 11 is 6.23. The Bertz CT molecular complexity index is 1030. The smallest absolute Gasteiger partial charge is 0.274 e. The number of aromatic nitrogens is 2. The van der Waals surface area contributed by atoms with E-state index in [2.05, 4.69) is 32.8 Å². The van der Waals surface area contributed by atoms with E-state index in [9.17, 15) is 9.90 Å². The van der Waals surface area contributed by atoms with Gasteiger partial charge in [0.25, 0.3) is 5.91 Å². The Kier molecular flexibility index (Phi) is 7.01. The molecular formula is C24H29ClN6O2. The topological polar surface area (TPSA) is 96.6 Å². The van der Waals surface area contributed by atoms with Crippen LogP contribution >= 0.6 is 11.6 Å². The lowest BCUT2D eigenvalue weighted by atomic mass is 9.98. The molecular weight excluding hydrogens is 440 g/mol. The summed E-state index contributed by atoms with van der Waals surface area (Å²) in [6.07, 6.45) is 5.11. The Balaban J connectivity index is 1.42. The van der Waals surface area contributed by atoms with Gasteiger partial charge in [0.15, 0.2) is 0 Å². The maximum absolute atomic E-state index is 13.2. The number of nitrogens with zero attached hydrogens (tertiary/aromatic N) is 6. The van der Waals surface area contributed by atoms with E-state index < -0.39 is 0 Å². The van der Waals surface area contributed by atoms with Gasteiger partial charge in [-0.1, -0.05) is 11.6 Å². The summed E-state index contributed by atoms with van der Waals surface area (Å²) in [5.41, 5.74) is 1.74. The highest BCUT2D eigenvalue weighted by atomic mass is 35.5. The van der Waals surface area contributed by atoms with Crippen LogP contribution < -0.4 is 9.80 Å². The number of benzene rings is 1. The molecule has 1 aromatic carbocycles. The van der Waals surface area contributed by atoms with Crippen molar-refractivity contribution in [3.05, 3.63) is 46.9 Å². The van der Waals surface area contributed by atoms with Crippen LogP contribution in [0.5, 0.6) is 0 Å². The zero-order valence-corrected chi connectivity index (χ0v) is 19.7. The Morgan fingerprint density at radius 1 is 1.18 bits per heavy atom. The van der Waals surface area contributed by atoms with Crippen LogP contribution in [0.4, 0.5) is 11.5 Å². The maximum Gasteiger partial charge on any atom is 0.274 e. The van der Waals surface area contributed by atoms with Crippen LogP contribution in [0.15, 0.2) is 30.6 Å². The van der Waals surface area contributed by atoms with Gasteiger partial charge in [0.1, 0.15) is 17.6 Å². The molecule has 4 rings (SSSR count). The molecule has 174 valence electrons. The van der Waals surface area contributed by atoms with Crippen molar-refractivity contribution in [2.24, 2.45) is 5.92 Å². The lowest BCUT2D eigenvalue weighted by Crippen LogP contribution is -2.58. The van der Waals surface area contributed by atoms with Gasteiger partial charge in [-0.15, -0.1) is 0 Å². The number of carbonyl (C=O) groups is 1. The number of rotatable bonds is 4. The SMILES string of the molecule is C[C@@H]1CN(c2ccc(C#N)c(Cl)c2)[C@@H](C)CN1C(=O)c1cnc(N2CCC(CO)CC2)cn1. The van der Waals surface area contributed by atoms with Gasteiger partial charge < -0.3 is 19.8 Å². The molecule has 0 radical (unpaired) electrons. The highest BCUT2D eigenvalue weighted by Gasteiger charge is 2.33. The van der Waals surface area contributed by atoms with Crippen LogP contribution in [-0.2, 0) is 0 Å². The molecule has 0 aliphatic carbocycles. The fraction of sp³-hybridized carbons (Fsp3) is 0.500. The minimum absolute atomic E-state index is 0.0258. The molecule has 0 spiro atoms. The fourth-order valence-electron chi connectivity index (χ4n) is 4.63. The first kappa shape index (κ1) is 23.3. The van der Waals surface area contributed by atoms with Crippen LogP contribution in [0.25, 0.3) is 0 Å². The van der Waals surface area contributed by atoms with Gasteiger partial charge in [0.2, 0.25) is 0 Å². The van der Waals surface area contributed by atoms with Crippen LogP contribution in [0.2, 0.25) is 5.02 Å². The lowest BCUT2D eigenvalue weighted by molar-refractivity contribution is 0.0638. The highest BCUT2D eigenvalue weighted by Crippen LogP contribution is 2.28. The van der Waals surface area contributed by atoms with Crippen LogP contribution in [0.1, 0.15) is 42.7 Å². The molecule has 9 heteroatoms. The van der Waals surface area contributed by atoms with Crippen molar-refractivity contribution in [1.82, 2.24) is 14.9 Å². The van der Waals surface area contributed by atoms with Gasteiger partial charge in [-0.25, -0.2) is 9.97 Å². The van der Waals surface area contributed by atoms with Gasteiger partial charge >= 0.3 is 0 Å². The number of piperazine rings is 1. The molecule has 0 unspecified atom stereocenters. The number of carbonyl (C=O) groups excluding carboxylic acids is 1. The third-order valence-corrected chi connectivity index (χ3v) is 7.02. The normalized spacial score (nSPS) is 21.7. The third-order valence-electron chi connectivity index (χ3n) is 6.71. The van der Waals surface area contributed by atoms with Gasteiger partial charge in [-0.2, -0.15) is 5.26 Å². The number of hydrogen-bond donors (Lipinski definition) is 1. The largest absolute Gasteiger partial charge is 0.396 e. The van der Waals surface area contributed by atoms with E-state index in [1.54, 1.807) is 18.5 Å². The fourth-order valence-corrected chi connectivity index (χ4v) is 4.85. The summed E-state index contributed by atoms with van der Waals surface area (Å²) < 4.78 is 0. The van der Waals surface area contributed by atoms with Crippen LogP contribution in [0.3, 0.4) is 0 Å². The first-order valence-corrected chi connectivity index (χ1v) is 11.7. The first-order valence-electron chi connectivity index (χ1n) is 11.4. The molecule has 1 N–H and O–H groups in total. The summed E-state index contributed by atoms with van der Waals surface area (Å²) in [4.78, 5) is 28.4. The standard InChI is InChI=1S/C24H29ClN6O2/c1-16-14-31(17(2)13-30(16)20-4-3-19(10-26)21(25)9-20)24(33)22-11-28-23(12-27-22)29-7-5-18(15-32)6-8-29/h3-4,9,11-12,16-18,32H,5-8,13-15H2,1-2H3/t16-,17+/m0/s1. The minimum atomic E-state index is -0.120. The maximum atomic E-state index is 13.2. The zero-order chi connectivity index (χ0) is 23.5. The number of anilines is 2. The van der Waals surface area contributed by atoms with E-state index in [4.69, 9.17) is 16.9 Å². The number of halogens is 1. The van der Waals surface area contributed by atoms with E-state index in [0.717, 1.165) is 37.4 Å². The molecule has 2 saturated heterocycles. The van der Waals surface area contributed by atoms with Crippen molar-refractivity contribution in [2.75, 3.05) is 42.6 Å². The molecule has 1 amide bonds. The Hall–Kier alpha value is -2.89. The highest BCUT2D eigenvalue weighted by molar-refractivity contribution is 6.32. The quantitative estimate of drug-likeness (QED) is 0.736. The number of aliphatic hydroxyl groups is 1. The Morgan fingerprint density at radius 3 is 2.55 bits per heavy atom. The van der Waals surface area contributed by atoms with Gasteiger partial charge in [0.05, 0.1) is 23.0 Å². The van der Waals surface area contributed by atoms with Crippen LogP contribution in [0, 0.1) is 17.2 Å². The first-order chi connectivity index (χ1) is 15.9. The number of aliphatic hydroxyl groups excluding tert-OH is 1. The van der Waals surface area contributed by atoms with Crippen LogP contribution in [-0.4, -0.2) is 70.8 Å². The number of amides is 1. The molecule has 33 heavy (non-hydrogen) atoms. The molecule has 2 fully saturated rings. The lowest BCUT2D eigenvalue weighted by Gasteiger charge is -2.45. The third kappa shape index (κ3) is 4.90. The van der Waals surface area contributed by atoms with E-state index in [-0.39, 0.29) is 24.6 Å². The number of nitriles is 1. The zero-order valence-electron chi connectivity index (χ0n) is 19.0. The molecule has 8 nitrogen and oxygen atoms in total. The van der Waals surface area contributed by atoms with E-state index in [0.29, 0.717) is 35.3 Å². The van der Waals surface area contributed by atoms with Crippen molar-refractivity contribution in [1.29, 1.82) is 5.26 Å². The Labute approximate surface area is 199 Å². The molecule has 0 bridgehead atoms. The average Bonchev–Trinajstić information content (AvgIpc) is 2.85. The number of piperidine rings is 1. The van der Waals surface area contributed by atoms with Gasteiger partial charge in [-0.3, -0.25) is 4.79 Å². The molecule has 2 atom stereocenters. The van der Waals surface area contributed by atoms with Crippen molar-refractivity contribution in [3.63, 3.8) is 0 Å². The summed E-state index contributed by atoms with van der Waals surface area (Å²) in [5.74, 6) is 1.01. The van der Waals surface area contributed by atoms with Crippen molar-refractivity contribution < 1.29 is 9.90 Å². The monoisotopic (exact) mass is 468 g/mol. The second-order valence-electron chi connectivity index (χ2n) is 8.96.